The molecule has 0 aromatic carbocycles. The first-order valence-corrected chi connectivity index (χ1v) is 7.63. The highest BCUT2D eigenvalue weighted by atomic mass is 16.1. The van der Waals surface area contributed by atoms with Crippen molar-refractivity contribution in [3.8, 4) is 0 Å². The number of rotatable bonds is 3. The first-order chi connectivity index (χ1) is 10.2. The van der Waals surface area contributed by atoms with Crippen molar-refractivity contribution in [2.75, 3.05) is 26.7 Å². The van der Waals surface area contributed by atoms with Gasteiger partial charge in [-0.25, -0.2) is 4.52 Å². The Morgan fingerprint density at radius 3 is 2.90 bits per heavy atom. The fraction of sp³-hybridized carbons (Fsp3) is 0.500. The Kier molecular flexibility index (Phi) is 3.92. The van der Waals surface area contributed by atoms with Crippen LogP contribution in [-0.4, -0.2) is 47.1 Å². The molecule has 112 valence electrons. The van der Waals surface area contributed by atoms with E-state index in [9.17, 15) is 4.79 Å². The van der Waals surface area contributed by atoms with Crippen molar-refractivity contribution >= 4 is 11.4 Å². The fourth-order valence-electron chi connectivity index (χ4n) is 3.02. The number of aromatic nitrogens is 2. The van der Waals surface area contributed by atoms with E-state index in [2.05, 4.69) is 34.5 Å². The third-order valence-electron chi connectivity index (χ3n) is 4.32. The highest BCUT2D eigenvalue weighted by Crippen LogP contribution is 2.28. The molecule has 0 atom stereocenters. The number of hydrogen-bond acceptors (Lipinski definition) is 3. The van der Waals surface area contributed by atoms with E-state index in [-0.39, 0.29) is 5.91 Å². The number of likely N-dealkylation sites (tertiary alicyclic amines) is 1. The molecule has 21 heavy (non-hydrogen) atoms. The number of fused-ring (bicyclic) bond motifs is 1. The van der Waals surface area contributed by atoms with E-state index in [0.717, 1.165) is 18.6 Å². The van der Waals surface area contributed by atoms with Gasteiger partial charge >= 0.3 is 0 Å². The van der Waals surface area contributed by atoms with Crippen LogP contribution in [-0.2, 0) is 0 Å². The minimum Gasteiger partial charge on any atom is -0.352 e. The monoisotopic (exact) mass is 286 g/mol. The van der Waals surface area contributed by atoms with Gasteiger partial charge in [0, 0.05) is 12.7 Å². The molecule has 1 fully saturated rings. The Morgan fingerprint density at radius 2 is 2.19 bits per heavy atom. The Morgan fingerprint density at radius 1 is 1.43 bits per heavy atom. The van der Waals surface area contributed by atoms with Gasteiger partial charge in [-0.2, -0.15) is 5.10 Å². The standard InChI is InChI=1S/C16H22N4O/c1-3-17-16(21)14-11-18-20-9-6-13(10-15(14)20)12-4-7-19(2)8-5-12/h6,9-12H,3-5,7-8H2,1-2H3,(H,17,21). The number of nitrogens with one attached hydrogen (secondary N) is 1. The molecule has 5 heteroatoms. The smallest absolute Gasteiger partial charge is 0.255 e. The first kappa shape index (κ1) is 14.1. The Bertz CT molecular complexity index is 641. The van der Waals surface area contributed by atoms with Crippen LogP contribution in [0, 0.1) is 0 Å². The molecule has 0 aliphatic carbocycles. The molecule has 1 aliphatic heterocycles. The SMILES string of the molecule is CCNC(=O)c1cnn2ccc(C3CCN(C)CC3)cc12. The largest absolute Gasteiger partial charge is 0.352 e. The molecule has 0 radical (unpaired) electrons. The van der Waals surface area contributed by atoms with Gasteiger partial charge in [-0.05, 0) is 63.5 Å². The maximum atomic E-state index is 12.1. The average Bonchev–Trinajstić information content (AvgIpc) is 2.91. The second-order valence-electron chi connectivity index (χ2n) is 5.79. The minimum absolute atomic E-state index is 0.0481. The average molecular weight is 286 g/mol. The van der Waals surface area contributed by atoms with Gasteiger partial charge in [-0.3, -0.25) is 4.79 Å². The summed E-state index contributed by atoms with van der Waals surface area (Å²) in [5.41, 5.74) is 2.88. The number of carbonyl (C=O) groups excluding carboxylic acids is 1. The summed E-state index contributed by atoms with van der Waals surface area (Å²) in [4.78, 5) is 14.4. The van der Waals surface area contributed by atoms with Crippen LogP contribution in [0.2, 0.25) is 0 Å². The van der Waals surface area contributed by atoms with E-state index in [1.165, 1.54) is 18.4 Å². The van der Waals surface area contributed by atoms with Gasteiger partial charge in [0.1, 0.15) is 0 Å². The Hall–Kier alpha value is -1.88. The molecule has 1 aliphatic rings. The van der Waals surface area contributed by atoms with Crippen LogP contribution in [0.25, 0.3) is 5.52 Å². The number of amides is 1. The molecule has 3 heterocycles. The molecule has 0 bridgehead atoms. The van der Waals surface area contributed by atoms with Crippen LogP contribution < -0.4 is 5.32 Å². The molecule has 5 nitrogen and oxygen atoms in total. The highest BCUT2D eigenvalue weighted by Gasteiger charge is 2.20. The number of piperidine rings is 1. The third kappa shape index (κ3) is 2.78. The van der Waals surface area contributed by atoms with Gasteiger partial charge in [0.15, 0.2) is 0 Å². The lowest BCUT2D eigenvalue weighted by Gasteiger charge is -2.29. The lowest BCUT2D eigenvalue weighted by molar-refractivity contribution is 0.0957. The van der Waals surface area contributed by atoms with E-state index >= 15 is 0 Å². The second kappa shape index (κ2) is 5.85. The van der Waals surface area contributed by atoms with E-state index in [0.29, 0.717) is 18.0 Å². The highest BCUT2D eigenvalue weighted by molar-refractivity contribution is 6.00. The zero-order valence-electron chi connectivity index (χ0n) is 12.7. The van der Waals surface area contributed by atoms with Crippen molar-refractivity contribution in [1.29, 1.82) is 0 Å². The summed E-state index contributed by atoms with van der Waals surface area (Å²) < 4.78 is 1.78. The quantitative estimate of drug-likeness (QED) is 0.937. The lowest BCUT2D eigenvalue weighted by Crippen LogP contribution is -2.29. The minimum atomic E-state index is -0.0481. The molecular weight excluding hydrogens is 264 g/mol. The van der Waals surface area contributed by atoms with Crippen LogP contribution in [0.1, 0.15) is 41.6 Å². The normalized spacial score (nSPS) is 17.2. The number of carbonyl (C=O) groups is 1. The van der Waals surface area contributed by atoms with Crippen LogP contribution in [0.4, 0.5) is 0 Å². The maximum Gasteiger partial charge on any atom is 0.255 e. The molecule has 1 saturated heterocycles. The van der Waals surface area contributed by atoms with Crippen molar-refractivity contribution in [2.45, 2.75) is 25.7 Å². The summed E-state index contributed by atoms with van der Waals surface area (Å²) in [7, 11) is 2.17. The zero-order valence-corrected chi connectivity index (χ0v) is 12.7. The third-order valence-corrected chi connectivity index (χ3v) is 4.32. The van der Waals surface area contributed by atoms with Gasteiger partial charge in [0.2, 0.25) is 0 Å². The summed E-state index contributed by atoms with van der Waals surface area (Å²) in [5.74, 6) is 0.538. The molecule has 2 aromatic heterocycles. The van der Waals surface area contributed by atoms with Crippen LogP contribution in [0.15, 0.2) is 24.5 Å². The molecule has 0 spiro atoms. The summed E-state index contributed by atoms with van der Waals surface area (Å²) in [6.45, 7) is 4.83. The van der Waals surface area contributed by atoms with Crippen molar-refractivity contribution < 1.29 is 4.79 Å². The molecule has 1 amide bonds. The first-order valence-electron chi connectivity index (χ1n) is 7.63. The van der Waals surface area contributed by atoms with Crippen molar-refractivity contribution in [3.63, 3.8) is 0 Å². The summed E-state index contributed by atoms with van der Waals surface area (Å²) in [6, 6.07) is 4.27. The number of nitrogens with zero attached hydrogens (tertiary/aromatic N) is 3. The summed E-state index contributed by atoms with van der Waals surface area (Å²) >= 11 is 0. The van der Waals surface area contributed by atoms with E-state index < -0.39 is 0 Å². The van der Waals surface area contributed by atoms with Crippen molar-refractivity contribution in [1.82, 2.24) is 19.8 Å². The molecule has 2 aromatic rings. The van der Waals surface area contributed by atoms with Crippen LogP contribution in [0.3, 0.4) is 0 Å². The Balaban J connectivity index is 1.91. The van der Waals surface area contributed by atoms with Gasteiger partial charge < -0.3 is 10.2 Å². The van der Waals surface area contributed by atoms with Crippen LogP contribution >= 0.6 is 0 Å². The summed E-state index contributed by atoms with van der Waals surface area (Å²) in [6.07, 6.45) is 5.97. The van der Waals surface area contributed by atoms with Crippen LogP contribution in [0.5, 0.6) is 0 Å². The second-order valence-corrected chi connectivity index (χ2v) is 5.79. The molecule has 0 saturated carbocycles. The molecular formula is C16H22N4O. The Labute approximate surface area is 124 Å². The van der Waals surface area contributed by atoms with Crippen molar-refractivity contribution in [3.05, 3.63) is 35.7 Å². The van der Waals surface area contributed by atoms with Gasteiger partial charge in [0.25, 0.3) is 5.91 Å². The van der Waals surface area contributed by atoms with Crippen molar-refractivity contribution in [2.24, 2.45) is 0 Å². The number of hydrogen-bond donors (Lipinski definition) is 1. The van der Waals surface area contributed by atoms with E-state index in [1.54, 1.807) is 10.7 Å². The van der Waals surface area contributed by atoms with E-state index in [4.69, 9.17) is 0 Å². The van der Waals surface area contributed by atoms with Gasteiger partial charge in [-0.1, -0.05) is 0 Å². The zero-order chi connectivity index (χ0) is 14.8. The molecule has 0 unspecified atom stereocenters. The fourth-order valence-corrected chi connectivity index (χ4v) is 3.02. The van der Waals surface area contributed by atoms with Gasteiger partial charge in [-0.15, -0.1) is 0 Å². The predicted octanol–water partition coefficient (Wildman–Crippen LogP) is 1.89. The summed E-state index contributed by atoms with van der Waals surface area (Å²) in [5, 5.41) is 7.11. The topological polar surface area (TPSA) is 49.6 Å². The predicted molar refractivity (Wildman–Crippen MR) is 82.7 cm³/mol. The van der Waals surface area contributed by atoms with E-state index in [1.807, 2.05) is 13.1 Å². The molecule has 3 rings (SSSR count). The maximum absolute atomic E-state index is 12.1. The van der Waals surface area contributed by atoms with Gasteiger partial charge in [0.05, 0.1) is 17.3 Å². The molecule has 1 N–H and O–H groups in total. The number of pyridine rings is 1. The lowest BCUT2D eigenvalue weighted by atomic mass is 9.90.